The van der Waals surface area contributed by atoms with Gasteiger partial charge in [-0.05, 0) is 110 Å². The molecular weight excluding hydrogens is 746 g/mol. The zero-order valence-corrected chi connectivity index (χ0v) is 34.8. The van der Waals surface area contributed by atoms with Gasteiger partial charge in [0.05, 0.1) is 11.6 Å². The van der Waals surface area contributed by atoms with E-state index < -0.39 is 17.9 Å². The van der Waals surface area contributed by atoms with Gasteiger partial charge in [0, 0.05) is 99.9 Å². The minimum atomic E-state index is -0.838. The van der Waals surface area contributed by atoms with Gasteiger partial charge in [-0.15, -0.1) is 0 Å². The van der Waals surface area contributed by atoms with Gasteiger partial charge in [-0.1, -0.05) is 37.6 Å². The Labute approximate surface area is 346 Å². The zero-order valence-electron chi connectivity index (χ0n) is 34.8. The highest BCUT2D eigenvalue weighted by Gasteiger charge is 2.49. The highest BCUT2D eigenvalue weighted by Crippen LogP contribution is 2.53. The van der Waals surface area contributed by atoms with E-state index in [2.05, 4.69) is 89.1 Å². The van der Waals surface area contributed by atoms with E-state index in [0.29, 0.717) is 37.3 Å². The number of allylic oxidation sites excluding steroid dienone is 1. The van der Waals surface area contributed by atoms with Gasteiger partial charge in [0.25, 0.3) is 0 Å². The number of aromatic amines is 1. The van der Waals surface area contributed by atoms with Gasteiger partial charge < -0.3 is 24.6 Å². The number of nitrogens with zero attached hydrogens (tertiary/aromatic N) is 5. The summed E-state index contributed by atoms with van der Waals surface area (Å²) in [5.74, 6) is 1.06. The van der Waals surface area contributed by atoms with Gasteiger partial charge in [-0.25, -0.2) is 9.37 Å². The standard InChI is InChI=1S/C47H58FN7O4/c1-30(46(3)15-22-59-47(4,31(46)2)35-6-9-40-38(25-35)39(48)27-49-40)23-33-5-11-42(50-26-33)54-16-13-32(14-17-54)28-52-18-20-53(21-19-52)36-7-8-37-34(24-36)29-55(45(37)58)41-10-12-43(56)51-44(41)57/h5-9,11,23-27,31-32,41,45,49,58H,10,12-22,28-29H2,1-4H3,(H,51,56,57)/b30-23+. The number of aliphatic hydroxyl groups excluding tert-OH is 1. The molecule has 0 saturated carbocycles. The fourth-order valence-electron chi connectivity index (χ4n) is 10.6. The number of piperazine rings is 1. The number of fused-ring (bicyclic) bond motifs is 2. The highest BCUT2D eigenvalue weighted by molar-refractivity contribution is 6.00. The summed E-state index contributed by atoms with van der Waals surface area (Å²) in [6, 6.07) is 16.1. The second-order valence-corrected chi connectivity index (χ2v) is 18.1. The first-order valence-corrected chi connectivity index (χ1v) is 21.6. The molecule has 3 N–H and O–H groups in total. The van der Waals surface area contributed by atoms with Crippen LogP contribution >= 0.6 is 0 Å². The van der Waals surface area contributed by atoms with Crippen molar-refractivity contribution in [2.24, 2.45) is 17.3 Å². The second-order valence-electron chi connectivity index (χ2n) is 18.1. The molecule has 0 bridgehead atoms. The summed E-state index contributed by atoms with van der Waals surface area (Å²) >= 11 is 0. The van der Waals surface area contributed by atoms with E-state index in [1.807, 2.05) is 29.3 Å². The lowest BCUT2D eigenvalue weighted by atomic mass is 9.61. The van der Waals surface area contributed by atoms with E-state index in [-0.39, 0.29) is 29.0 Å². The zero-order chi connectivity index (χ0) is 41.1. The molecule has 5 aliphatic heterocycles. The van der Waals surface area contributed by atoms with Crippen LogP contribution in [0.1, 0.15) is 88.3 Å². The average Bonchev–Trinajstić information content (AvgIpc) is 3.78. The molecule has 5 unspecified atom stereocenters. The van der Waals surface area contributed by atoms with Crippen molar-refractivity contribution < 1.29 is 23.8 Å². The maximum Gasteiger partial charge on any atom is 0.244 e. The van der Waals surface area contributed by atoms with Crippen molar-refractivity contribution in [3.8, 4) is 0 Å². The monoisotopic (exact) mass is 803 g/mol. The number of hydrogen-bond acceptors (Lipinski definition) is 9. The SMILES string of the molecule is C/C(=C\c1ccc(N2CCC(CN3CCN(c4ccc5c(c4)CN(C4CCC(=O)NC4=O)C5O)CC3)CC2)nc1)C1(C)CCOC(C)(c2ccc3[nH]cc(F)c3c2)C1C. The Bertz CT molecular complexity index is 2240. The van der Waals surface area contributed by atoms with Crippen molar-refractivity contribution in [3.05, 3.63) is 94.6 Å². The van der Waals surface area contributed by atoms with Crippen LogP contribution < -0.4 is 15.1 Å². The maximum absolute atomic E-state index is 14.5. The highest BCUT2D eigenvalue weighted by atomic mass is 19.1. The Morgan fingerprint density at radius 1 is 1.00 bits per heavy atom. The van der Waals surface area contributed by atoms with Crippen LogP contribution in [0.4, 0.5) is 15.9 Å². The van der Waals surface area contributed by atoms with Crippen LogP contribution in [0.25, 0.3) is 17.0 Å². The summed E-state index contributed by atoms with van der Waals surface area (Å²) in [7, 11) is 0. The number of anilines is 2. The molecule has 7 heterocycles. The Morgan fingerprint density at radius 3 is 2.54 bits per heavy atom. The normalized spacial score (nSPS) is 29.0. The number of H-pyrrole nitrogens is 1. The quantitative estimate of drug-likeness (QED) is 0.167. The van der Waals surface area contributed by atoms with Crippen LogP contribution in [0.2, 0.25) is 0 Å². The molecule has 4 fully saturated rings. The first-order chi connectivity index (χ1) is 28.4. The fourth-order valence-corrected chi connectivity index (χ4v) is 10.6. The van der Waals surface area contributed by atoms with Crippen molar-refractivity contribution in [2.75, 3.05) is 62.2 Å². The second kappa shape index (κ2) is 15.8. The van der Waals surface area contributed by atoms with E-state index in [9.17, 15) is 19.1 Å². The lowest BCUT2D eigenvalue weighted by Gasteiger charge is -2.51. The molecule has 4 saturated heterocycles. The van der Waals surface area contributed by atoms with E-state index in [4.69, 9.17) is 9.72 Å². The largest absolute Gasteiger partial charge is 0.374 e. The number of aromatic nitrogens is 2. The number of hydrogen-bond donors (Lipinski definition) is 3. The molecular formula is C47H58FN7O4. The van der Waals surface area contributed by atoms with Crippen molar-refractivity contribution >= 4 is 40.3 Å². The summed E-state index contributed by atoms with van der Waals surface area (Å²) in [5, 5.41) is 14.1. The molecule has 59 heavy (non-hydrogen) atoms. The third kappa shape index (κ3) is 7.47. The first kappa shape index (κ1) is 39.8. The summed E-state index contributed by atoms with van der Waals surface area (Å²) in [6.07, 6.45) is 8.83. The van der Waals surface area contributed by atoms with E-state index in [1.165, 1.54) is 11.8 Å². The van der Waals surface area contributed by atoms with Crippen molar-refractivity contribution in [3.63, 3.8) is 0 Å². The molecule has 9 rings (SSSR count). The Morgan fingerprint density at radius 2 is 1.80 bits per heavy atom. The molecule has 4 aromatic rings. The number of piperidine rings is 2. The number of ether oxygens (including phenoxy) is 1. The van der Waals surface area contributed by atoms with Gasteiger partial charge in [-0.3, -0.25) is 24.7 Å². The van der Waals surface area contributed by atoms with Gasteiger partial charge in [-0.2, -0.15) is 0 Å². The van der Waals surface area contributed by atoms with Crippen molar-refractivity contribution in [1.29, 1.82) is 0 Å². The molecule has 5 aliphatic rings. The Kier molecular flexibility index (Phi) is 10.6. The van der Waals surface area contributed by atoms with Gasteiger partial charge in [0.15, 0.2) is 0 Å². The molecule has 0 radical (unpaired) electrons. The van der Waals surface area contributed by atoms with Gasteiger partial charge >= 0.3 is 0 Å². The number of halogens is 1. The summed E-state index contributed by atoms with van der Waals surface area (Å²) < 4.78 is 21.0. The maximum atomic E-state index is 14.5. The molecule has 5 atom stereocenters. The molecule has 12 heteroatoms. The molecule has 312 valence electrons. The van der Waals surface area contributed by atoms with Crippen molar-refractivity contribution in [2.45, 2.75) is 84.2 Å². The predicted molar refractivity (Wildman–Crippen MR) is 228 cm³/mol. The molecule has 0 aliphatic carbocycles. The lowest BCUT2D eigenvalue weighted by Crippen LogP contribution is -2.51. The number of rotatable bonds is 8. The number of aliphatic hydroxyl groups is 1. The van der Waals surface area contributed by atoms with Gasteiger partial charge in [0.1, 0.15) is 17.9 Å². The molecule has 2 aromatic carbocycles. The summed E-state index contributed by atoms with van der Waals surface area (Å²) in [4.78, 5) is 41.4. The molecule has 11 nitrogen and oxygen atoms in total. The van der Waals surface area contributed by atoms with Crippen LogP contribution in [-0.4, -0.2) is 95.2 Å². The van der Waals surface area contributed by atoms with Crippen LogP contribution in [-0.2, 0) is 26.5 Å². The number of pyridine rings is 1. The minimum Gasteiger partial charge on any atom is -0.374 e. The van der Waals surface area contributed by atoms with E-state index in [1.54, 1.807) is 0 Å². The Hall–Kier alpha value is -4.62. The smallest absolute Gasteiger partial charge is 0.244 e. The summed E-state index contributed by atoms with van der Waals surface area (Å²) in [5.41, 5.74) is 6.60. The Balaban J connectivity index is 0.755. The van der Waals surface area contributed by atoms with E-state index in [0.717, 1.165) is 104 Å². The minimum absolute atomic E-state index is 0.110. The van der Waals surface area contributed by atoms with E-state index >= 15 is 0 Å². The number of benzene rings is 2. The summed E-state index contributed by atoms with van der Waals surface area (Å²) in [6.45, 7) is 17.2. The number of nitrogens with one attached hydrogen (secondary N) is 2. The van der Waals surface area contributed by atoms with Crippen molar-refractivity contribution in [1.82, 2.24) is 25.1 Å². The third-order valence-electron chi connectivity index (χ3n) is 14.9. The number of imide groups is 1. The molecule has 0 spiro atoms. The third-order valence-corrected chi connectivity index (χ3v) is 14.9. The molecule has 2 aromatic heterocycles. The average molecular weight is 804 g/mol. The topological polar surface area (TPSA) is 117 Å². The molecule has 2 amide bonds. The number of carbonyl (C=O) groups excluding carboxylic acids is 2. The van der Waals surface area contributed by atoms with Crippen LogP contribution in [0.5, 0.6) is 0 Å². The fraction of sp³-hybridized carbons (Fsp3) is 0.511. The lowest BCUT2D eigenvalue weighted by molar-refractivity contribution is -0.151. The van der Waals surface area contributed by atoms with Crippen LogP contribution in [0, 0.1) is 23.1 Å². The van der Waals surface area contributed by atoms with Gasteiger partial charge in [0.2, 0.25) is 11.8 Å². The van der Waals surface area contributed by atoms with Crippen LogP contribution in [0.3, 0.4) is 0 Å². The number of amides is 2. The van der Waals surface area contributed by atoms with Crippen LogP contribution in [0.15, 0.2) is 66.5 Å². The predicted octanol–water partition coefficient (Wildman–Crippen LogP) is 6.73. The first-order valence-electron chi connectivity index (χ1n) is 21.6. The number of carbonyl (C=O) groups is 2.